The maximum absolute atomic E-state index is 12.6. The van der Waals surface area contributed by atoms with Gasteiger partial charge >= 0.3 is 0 Å². The Hall–Kier alpha value is -3.22. The number of carbonyl (C=O) groups is 1. The summed E-state index contributed by atoms with van der Waals surface area (Å²) < 4.78 is 18.4. The highest BCUT2D eigenvalue weighted by atomic mass is 16.5. The van der Waals surface area contributed by atoms with Crippen molar-refractivity contribution in [2.24, 2.45) is 0 Å². The monoisotopic (exact) mass is 481 g/mol. The molecule has 7 heteroatoms. The molecule has 190 valence electrons. The smallest absolute Gasteiger partial charge is 0.251 e. The summed E-state index contributed by atoms with van der Waals surface area (Å²) >= 11 is 0. The van der Waals surface area contributed by atoms with Crippen molar-refractivity contribution < 1.29 is 19.0 Å². The van der Waals surface area contributed by atoms with Crippen LogP contribution in [-0.4, -0.2) is 43.3 Å². The van der Waals surface area contributed by atoms with Gasteiger partial charge in [0, 0.05) is 25.1 Å². The predicted molar refractivity (Wildman–Crippen MR) is 140 cm³/mol. The van der Waals surface area contributed by atoms with Crippen molar-refractivity contribution in [1.29, 1.82) is 0 Å². The summed E-state index contributed by atoms with van der Waals surface area (Å²) in [5, 5.41) is 3.00. The first kappa shape index (κ1) is 26.4. The first-order valence-electron chi connectivity index (χ1n) is 12.6. The topological polar surface area (TPSA) is 74.6 Å². The van der Waals surface area contributed by atoms with Crippen LogP contribution in [0.5, 0.6) is 17.2 Å². The van der Waals surface area contributed by atoms with E-state index in [0.29, 0.717) is 29.4 Å². The lowest BCUT2D eigenvalue weighted by atomic mass is 10.1. The van der Waals surface area contributed by atoms with E-state index in [9.17, 15) is 4.79 Å². The van der Waals surface area contributed by atoms with E-state index >= 15 is 0 Å². The van der Waals surface area contributed by atoms with Gasteiger partial charge in [-0.15, -0.1) is 0 Å². The van der Waals surface area contributed by atoms with Crippen LogP contribution in [0.2, 0.25) is 0 Å². The fourth-order valence-corrected chi connectivity index (χ4v) is 4.36. The van der Waals surface area contributed by atoms with Gasteiger partial charge < -0.3 is 24.1 Å². The summed E-state index contributed by atoms with van der Waals surface area (Å²) in [6, 6.07) is 11.7. The zero-order chi connectivity index (χ0) is 25.0. The zero-order valence-corrected chi connectivity index (χ0v) is 21.6. The number of carbonyl (C=O) groups excluding carboxylic acids is 1. The van der Waals surface area contributed by atoms with E-state index < -0.39 is 0 Å². The van der Waals surface area contributed by atoms with Gasteiger partial charge in [0.25, 0.3) is 5.91 Å². The van der Waals surface area contributed by atoms with E-state index in [-0.39, 0.29) is 5.91 Å². The van der Waals surface area contributed by atoms with Gasteiger partial charge in [0.05, 0.1) is 32.4 Å². The molecule has 0 aliphatic carbocycles. The largest absolute Gasteiger partial charge is 0.493 e. The summed E-state index contributed by atoms with van der Waals surface area (Å²) in [6.07, 6.45) is 8.89. The number of methoxy groups -OCH3 is 3. The molecule has 35 heavy (non-hydrogen) atoms. The van der Waals surface area contributed by atoms with Gasteiger partial charge in [0.15, 0.2) is 11.5 Å². The number of benzene rings is 2. The molecule has 2 aromatic carbocycles. The lowest BCUT2D eigenvalue weighted by Crippen LogP contribution is -2.24. The fraction of sp³-hybridized carbons (Fsp3) is 0.500. The van der Waals surface area contributed by atoms with Crippen molar-refractivity contribution >= 4 is 16.9 Å². The Balaban J connectivity index is 1.49. The number of unbranched alkanes of at least 4 members (excludes halogenated alkanes) is 5. The summed E-state index contributed by atoms with van der Waals surface area (Å²) in [7, 11) is 4.62. The Labute approximate surface area is 208 Å². The number of fused-ring (bicyclic) bond motifs is 1. The van der Waals surface area contributed by atoms with Crippen LogP contribution in [0.15, 0.2) is 36.4 Å². The number of rotatable bonds is 15. The van der Waals surface area contributed by atoms with E-state index in [4.69, 9.17) is 19.2 Å². The SMILES string of the molecule is CCCCCCn1c(CCCCCNC(=O)c2cc(OC)c(OC)c(OC)c2)nc2ccccc21. The number of nitrogens with zero attached hydrogens (tertiary/aromatic N) is 2. The third-order valence-corrected chi connectivity index (χ3v) is 6.26. The molecule has 0 radical (unpaired) electrons. The van der Waals surface area contributed by atoms with Crippen molar-refractivity contribution in [3.05, 3.63) is 47.8 Å². The normalized spacial score (nSPS) is 11.0. The maximum atomic E-state index is 12.6. The second kappa shape index (κ2) is 13.6. The summed E-state index contributed by atoms with van der Waals surface area (Å²) in [4.78, 5) is 17.6. The minimum absolute atomic E-state index is 0.155. The third-order valence-electron chi connectivity index (χ3n) is 6.26. The second-order valence-electron chi connectivity index (χ2n) is 8.71. The molecule has 0 spiro atoms. The Morgan fingerprint density at radius 3 is 2.31 bits per heavy atom. The van der Waals surface area contributed by atoms with E-state index in [1.165, 1.54) is 37.0 Å². The molecule has 1 amide bonds. The third kappa shape index (κ3) is 6.90. The molecule has 3 aromatic rings. The van der Waals surface area contributed by atoms with Crippen LogP contribution in [0.1, 0.15) is 68.1 Å². The van der Waals surface area contributed by atoms with Crippen molar-refractivity contribution in [2.45, 2.75) is 64.8 Å². The van der Waals surface area contributed by atoms with Crippen LogP contribution in [0, 0.1) is 0 Å². The Bertz CT molecular complexity index is 1070. The van der Waals surface area contributed by atoms with Crippen LogP contribution < -0.4 is 19.5 Å². The van der Waals surface area contributed by atoms with Crippen LogP contribution in [0.3, 0.4) is 0 Å². The van der Waals surface area contributed by atoms with Gasteiger partial charge in [0.1, 0.15) is 5.82 Å². The summed E-state index contributed by atoms with van der Waals surface area (Å²) in [5.41, 5.74) is 2.79. The molecular weight excluding hydrogens is 442 g/mol. The highest BCUT2D eigenvalue weighted by Crippen LogP contribution is 2.38. The number of nitrogens with one attached hydrogen (secondary N) is 1. The molecule has 0 aliphatic heterocycles. The standard InChI is InChI=1S/C28H39N3O4/c1-5-6-7-13-18-31-23-15-11-10-14-22(23)30-26(31)16-9-8-12-17-29-28(32)21-19-24(33-2)27(35-4)25(20-21)34-3/h10-11,14-15,19-20H,5-9,12-13,16-18H2,1-4H3,(H,29,32). The van der Waals surface area contributed by atoms with Gasteiger partial charge in [-0.3, -0.25) is 4.79 Å². The van der Waals surface area contributed by atoms with E-state index in [0.717, 1.165) is 37.7 Å². The maximum Gasteiger partial charge on any atom is 0.251 e. The number of amides is 1. The molecule has 1 aromatic heterocycles. The second-order valence-corrected chi connectivity index (χ2v) is 8.71. The number of hydrogen-bond donors (Lipinski definition) is 1. The van der Waals surface area contributed by atoms with Gasteiger partial charge in [0.2, 0.25) is 5.75 Å². The highest BCUT2D eigenvalue weighted by molar-refractivity contribution is 5.95. The first-order valence-corrected chi connectivity index (χ1v) is 12.6. The highest BCUT2D eigenvalue weighted by Gasteiger charge is 2.17. The quantitative estimate of drug-likeness (QED) is 0.278. The predicted octanol–water partition coefficient (Wildman–Crippen LogP) is 5.79. The van der Waals surface area contributed by atoms with Crippen molar-refractivity contribution in [3.63, 3.8) is 0 Å². The van der Waals surface area contributed by atoms with Crippen LogP contribution in [-0.2, 0) is 13.0 Å². The number of ether oxygens (including phenoxy) is 3. The molecule has 1 N–H and O–H groups in total. The lowest BCUT2D eigenvalue weighted by Gasteiger charge is -2.14. The number of para-hydroxylation sites is 2. The average molecular weight is 482 g/mol. The minimum Gasteiger partial charge on any atom is -0.493 e. The van der Waals surface area contributed by atoms with E-state index in [2.05, 4.69) is 41.1 Å². The molecule has 7 nitrogen and oxygen atoms in total. The summed E-state index contributed by atoms with van der Waals surface area (Å²) in [6.45, 7) is 3.88. The molecule has 3 rings (SSSR count). The molecular formula is C28H39N3O4. The zero-order valence-electron chi connectivity index (χ0n) is 21.6. The molecule has 0 fully saturated rings. The van der Waals surface area contributed by atoms with Crippen LogP contribution >= 0.6 is 0 Å². The minimum atomic E-state index is -0.155. The van der Waals surface area contributed by atoms with Crippen LogP contribution in [0.25, 0.3) is 11.0 Å². The number of hydrogen-bond acceptors (Lipinski definition) is 5. The molecule has 0 bridgehead atoms. The summed E-state index contributed by atoms with van der Waals surface area (Å²) in [5.74, 6) is 2.43. The van der Waals surface area contributed by atoms with Crippen molar-refractivity contribution in [2.75, 3.05) is 27.9 Å². The van der Waals surface area contributed by atoms with Crippen molar-refractivity contribution in [3.8, 4) is 17.2 Å². The van der Waals surface area contributed by atoms with Gasteiger partial charge in [-0.25, -0.2) is 4.98 Å². The number of aromatic nitrogens is 2. The van der Waals surface area contributed by atoms with E-state index in [1.54, 1.807) is 33.5 Å². The molecule has 0 unspecified atom stereocenters. The molecule has 0 saturated carbocycles. The average Bonchev–Trinajstić information content (AvgIpc) is 3.24. The lowest BCUT2D eigenvalue weighted by molar-refractivity contribution is 0.0952. The van der Waals surface area contributed by atoms with Gasteiger partial charge in [-0.2, -0.15) is 0 Å². The first-order chi connectivity index (χ1) is 17.1. The van der Waals surface area contributed by atoms with Gasteiger partial charge in [-0.1, -0.05) is 44.7 Å². The fourth-order valence-electron chi connectivity index (χ4n) is 4.36. The van der Waals surface area contributed by atoms with Crippen molar-refractivity contribution in [1.82, 2.24) is 14.9 Å². The molecule has 0 atom stereocenters. The van der Waals surface area contributed by atoms with Crippen LogP contribution in [0.4, 0.5) is 0 Å². The number of imidazole rings is 1. The Morgan fingerprint density at radius 2 is 1.63 bits per heavy atom. The van der Waals surface area contributed by atoms with E-state index in [1.807, 2.05) is 0 Å². The molecule has 0 saturated heterocycles. The number of aryl methyl sites for hydroxylation is 2. The molecule has 1 heterocycles. The molecule has 0 aliphatic rings. The van der Waals surface area contributed by atoms with Gasteiger partial charge in [-0.05, 0) is 43.5 Å². The Morgan fingerprint density at radius 1 is 0.914 bits per heavy atom. The Kier molecular flexibility index (Phi) is 10.3.